The molecule has 8 aromatic rings. The molecule has 2 aromatic heterocycles. The van der Waals surface area contributed by atoms with Gasteiger partial charge in [-0.25, -0.2) is 0 Å². The van der Waals surface area contributed by atoms with E-state index in [1.165, 1.54) is 74.6 Å². The van der Waals surface area contributed by atoms with Gasteiger partial charge in [-0.3, -0.25) is 5.32 Å². The third kappa shape index (κ3) is 4.53. The molecule has 260 valence electrons. The first kappa shape index (κ1) is 30.4. The molecule has 1 aliphatic heterocycles. The number of hydrogen-bond acceptors (Lipinski definition) is 3. The van der Waals surface area contributed by atoms with Gasteiger partial charge in [-0.15, -0.1) is 0 Å². The predicted octanol–water partition coefficient (Wildman–Crippen LogP) is 12.7. The van der Waals surface area contributed by atoms with E-state index in [1.54, 1.807) is 22.3 Å². The van der Waals surface area contributed by atoms with Crippen molar-refractivity contribution in [2.24, 2.45) is 0 Å². The largest absolute Gasteiger partial charge is 0.456 e. The number of aryl methyl sites for hydroxylation is 1. The van der Waals surface area contributed by atoms with Crippen LogP contribution in [0.3, 0.4) is 0 Å². The fourth-order valence-electron chi connectivity index (χ4n) is 10.1. The Hall–Kier alpha value is -6.10. The zero-order chi connectivity index (χ0) is 35.3. The number of para-hydroxylation sites is 3. The Bertz CT molecular complexity index is 2970. The van der Waals surface area contributed by atoms with Crippen LogP contribution in [-0.4, -0.2) is 4.57 Å². The first-order valence-electron chi connectivity index (χ1n) is 19.6. The first-order valence-corrected chi connectivity index (χ1v) is 19.6. The molecular weight excluding hydrogens is 659 g/mol. The van der Waals surface area contributed by atoms with Gasteiger partial charge in [0.2, 0.25) is 0 Å². The fourth-order valence-corrected chi connectivity index (χ4v) is 10.1. The smallest absolute Gasteiger partial charge is 0.160 e. The van der Waals surface area contributed by atoms with Crippen LogP contribution in [0.1, 0.15) is 65.8 Å². The summed E-state index contributed by atoms with van der Waals surface area (Å²) >= 11 is 0. The highest BCUT2D eigenvalue weighted by Gasteiger charge is 2.32. The molecule has 4 nitrogen and oxygen atoms in total. The van der Waals surface area contributed by atoms with E-state index in [0.29, 0.717) is 0 Å². The number of aromatic nitrogens is 1. The predicted molar refractivity (Wildman–Crippen MR) is 223 cm³/mol. The van der Waals surface area contributed by atoms with E-state index in [4.69, 9.17) is 4.42 Å². The Labute approximate surface area is 314 Å². The molecule has 2 unspecified atom stereocenters. The third-order valence-electron chi connectivity index (χ3n) is 12.6. The topological polar surface area (TPSA) is 42.1 Å². The lowest BCUT2D eigenvalue weighted by Crippen LogP contribution is -2.41. The molecule has 0 bridgehead atoms. The number of fused-ring (bicyclic) bond motifs is 7. The van der Waals surface area contributed by atoms with E-state index in [1.807, 2.05) is 12.1 Å². The average molecular weight is 698 g/mol. The van der Waals surface area contributed by atoms with Gasteiger partial charge < -0.3 is 14.3 Å². The molecule has 0 saturated carbocycles. The number of nitrogens with one attached hydrogen (secondary N) is 2. The van der Waals surface area contributed by atoms with Crippen molar-refractivity contribution in [2.45, 2.75) is 50.9 Å². The molecular formula is C50H39N3O. The Morgan fingerprint density at radius 3 is 2.33 bits per heavy atom. The lowest BCUT2D eigenvalue weighted by Gasteiger charge is -2.38. The van der Waals surface area contributed by atoms with Crippen molar-refractivity contribution in [3.05, 3.63) is 173 Å². The number of benzene rings is 6. The van der Waals surface area contributed by atoms with Crippen LogP contribution in [0.4, 0.5) is 5.69 Å². The summed E-state index contributed by atoms with van der Waals surface area (Å²) in [5, 5.41) is 12.8. The van der Waals surface area contributed by atoms with Crippen molar-refractivity contribution < 1.29 is 4.42 Å². The van der Waals surface area contributed by atoms with Crippen molar-refractivity contribution in [1.29, 1.82) is 0 Å². The Morgan fingerprint density at radius 2 is 1.39 bits per heavy atom. The first-order chi connectivity index (χ1) is 26.7. The Kier molecular flexibility index (Phi) is 6.58. The molecule has 54 heavy (non-hydrogen) atoms. The SMILES string of the molecule is C1=C(c2ccc3c4c2CCC=C4CC3)CCC(C2NC(n3c4ccccc4c4cc(-c5ccc6c(c5)oc5ccccc56)ccc43)Nc3ccccc32)=C1. The van der Waals surface area contributed by atoms with Gasteiger partial charge in [0.1, 0.15) is 11.2 Å². The lowest BCUT2D eigenvalue weighted by atomic mass is 9.81. The second kappa shape index (κ2) is 11.7. The fraction of sp³-hybridized carbons (Fsp3) is 0.160. The number of furan rings is 1. The lowest BCUT2D eigenvalue weighted by molar-refractivity contribution is 0.408. The average Bonchev–Trinajstić information content (AvgIpc) is 3.93. The molecule has 4 aliphatic rings. The van der Waals surface area contributed by atoms with Crippen molar-refractivity contribution in [2.75, 3.05) is 5.32 Å². The number of nitrogens with zero attached hydrogens (tertiary/aromatic N) is 1. The summed E-state index contributed by atoms with van der Waals surface area (Å²) in [6.07, 6.45) is 14.1. The zero-order valence-corrected chi connectivity index (χ0v) is 30.0. The maximum Gasteiger partial charge on any atom is 0.160 e. The van der Waals surface area contributed by atoms with Gasteiger partial charge in [0.05, 0.1) is 17.1 Å². The van der Waals surface area contributed by atoms with Crippen LogP contribution in [0.5, 0.6) is 0 Å². The van der Waals surface area contributed by atoms with Crippen molar-refractivity contribution in [3.8, 4) is 11.1 Å². The van der Waals surface area contributed by atoms with Gasteiger partial charge in [-0.2, -0.15) is 0 Å². The molecule has 2 N–H and O–H groups in total. The summed E-state index contributed by atoms with van der Waals surface area (Å²) in [6, 6.07) is 44.4. The van der Waals surface area contributed by atoms with Gasteiger partial charge in [-0.1, -0.05) is 97.1 Å². The van der Waals surface area contributed by atoms with E-state index in [-0.39, 0.29) is 12.3 Å². The minimum absolute atomic E-state index is 0.101. The Morgan fingerprint density at radius 1 is 0.593 bits per heavy atom. The van der Waals surface area contributed by atoms with Crippen LogP contribution in [0, 0.1) is 0 Å². The van der Waals surface area contributed by atoms with Crippen LogP contribution < -0.4 is 10.6 Å². The van der Waals surface area contributed by atoms with Crippen molar-refractivity contribution in [1.82, 2.24) is 9.88 Å². The quantitative estimate of drug-likeness (QED) is 0.192. The number of anilines is 1. The van der Waals surface area contributed by atoms with Crippen LogP contribution >= 0.6 is 0 Å². The van der Waals surface area contributed by atoms with Gasteiger partial charge >= 0.3 is 0 Å². The summed E-state index contributed by atoms with van der Waals surface area (Å²) in [5.74, 6) is 0. The summed E-state index contributed by atoms with van der Waals surface area (Å²) in [4.78, 5) is 0. The summed E-state index contributed by atoms with van der Waals surface area (Å²) in [6.45, 7) is 0. The highest BCUT2D eigenvalue weighted by molar-refractivity contribution is 6.10. The Balaban J connectivity index is 0.929. The van der Waals surface area contributed by atoms with Crippen molar-refractivity contribution >= 4 is 60.6 Å². The van der Waals surface area contributed by atoms with Crippen LogP contribution in [0.25, 0.3) is 66.0 Å². The summed E-state index contributed by atoms with van der Waals surface area (Å²) in [7, 11) is 0. The second-order valence-corrected chi connectivity index (χ2v) is 15.5. The second-order valence-electron chi connectivity index (χ2n) is 15.5. The van der Waals surface area contributed by atoms with E-state index in [0.717, 1.165) is 46.8 Å². The summed E-state index contributed by atoms with van der Waals surface area (Å²) in [5.41, 5.74) is 19.8. The molecule has 0 amide bonds. The molecule has 6 aromatic carbocycles. The zero-order valence-electron chi connectivity index (χ0n) is 30.0. The maximum atomic E-state index is 6.27. The van der Waals surface area contributed by atoms with Gasteiger partial charge in [-0.05, 0) is 137 Å². The molecule has 0 radical (unpaired) electrons. The minimum Gasteiger partial charge on any atom is -0.456 e. The molecule has 3 heterocycles. The normalized spacial score (nSPS) is 19.1. The number of allylic oxidation sites excluding steroid dienone is 5. The van der Waals surface area contributed by atoms with Crippen molar-refractivity contribution in [3.63, 3.8) is 0 Å². The van der Waals surface area contributed by atoms with Gasteiger partial charge in [0, 0.05) is 27.2 Å². The molecule has 0 spiro atoms. The van der Waals surface area contributed by atoms with E-state index in [9.17, 15) is 0 Å². The molecule has 2 atom stereocenters. The van der Waals surface area contributed by atoms with Crippen LogP contribution in [-0.2, 0) is 12.8 Å². The van der Waals surface area contributed by atoms with E-state index >= 15 is 0 Å². The number of hydrogen-bond donors (Lipinski definition) is 2. The van der Waals surface area contributed by atoms with Gasteiger partial charge in [0.25, 0.3) is 0 Å². The third-order valence-corrected chi connectivity index (χ3v) is 12.6. The molecule has 3 aliphatic carbocycles. The van der Waals surface area contributed by atoms with Crippen LogP contribution in [0.15, 0.2) is 150 Å². The van der Waals surface area contributed by atoms with E-state index < -0.39 is 0 Å². The molecule has 12 rings (SSSR count). The molecule has 0 saturated heterocycles. The van der Waals surface area contributed by atoms with E-state index in [2.05, 4.69) is 143 Å². The number of rotatable bonds is 4. The summed E-state index contributed by atoms with van der Waals surface area (Å²) < 4.78 is 8.74. The monoisotopic (exact) mass is 697 g/mol. The highest BCUT2D eigenvalue weighted by atomic mass is 16.3. The molecule has 0 fully saturated rings. The minimum atomic E-state index is -0.136. The van der Waals surface area contributed by atoms with Gasteiger partial charge in [0.15, 0.2) is 6.29 Å². The highest BCUT2D eigenvalue weighted by Crippen LogP contribution is 2.46. The standard InChI is InChI=1S/C50H39N3O/c1-4-13-43-41(11-1)49(33-20-16-30(17-21-33)36-25-22-32-19-18-31-8-7-12-40(36)48(31)32)52-50(51-43)53-44-14-5-2-9-37(44)42-28-34(24-27-45(42)53)35-23-26-39-38-10-3-6-15-46(38)54-47(39)29-35/h1-6,8-11,13-16,20,22-29,49-52H,7,12,17-19,21H2. The molecule has 4 heteroatoms. The van der Waals surface area contributed by atoms with Crippen LogP contribution in [0.2, 0.25) is 0 Å². The maximum absolute atomic E-state index is 6.27.